The van der Waals surface area contributed by atoms with E-state index in [2.05, 4.69) is 0 Å². The van der Waals surface area contributed by atoms with Crippen LogP contribution in [0.1, 0.15) is 31.1 Å². The second kappa shape index (κ2) is 7.07. The van der Waals surface area contributed by atoms with Gasteiger partial charge in [0.2, 0.25) is 0 Å². The van der Waals surface area contributed by atoms with Gasteiger partial charge in [-0.25, -0.2) is 4.79 Å². The molecule has 0 aliphatic carbocycles. The summed E-state index contributed by atoms with van der Waals surface area (Å²) >= 11 is 11.8. The zero-order chi connectivity index (χ0) is 17.2. The summed E-state index contributed by atoms with van der Waals surface area (Å²) in [7, 11) is 0. The SMILES string of the molecule is CC(C)(C)OC(=O)N1CCOCC1C(=O)c1ccc(Cl)c(Cl)c1. The maximum Gasteiger partial charge on any atom is 0.411 e. The molecule has 2 rings (SSSR count). The third-order valence-corrected chi connectivity index (χ3v) is 4.00. The number of morpholine rings is 1. The molecule has 1 unspecified atom stereocenters. The van der Waals surface area contributed by atoms with E-state index in [1.54, 1.807) is 32.9 Å². The normalized spacial score (nSPS) is 18.7. The average molecular weight is 360 g/mol. The van der Waals surface area contributed by atoms with Gasteiger partial charge in [0.25, 0.3) is 0 Å². The van der Waals surface area contributed by atoms with Crippen LogP contribution >= 0.6 is 23.2 Å². The summed E-state index contributed by atoms with van der Waals surface area (Å²) in [6.07, 6.45) is -0.529. The van der Waals surface area contributed by atoms with Gasteiger partial charge in [0.15, 0.2) is 5.78 Å². The first-order chi connectivity index (χ1) is 10.7. The number of nitrogens with zero attached hydrogens (tertiary/aromatic N) is 1. The first-order valence-electron chi connectivity index (χ1n) is 7.25. The van der Waals surface area contributed by atoms with E-state index in [1.807, 2.05) is 0 Å². The average Bonchev–Trinajstić information content (AvgIpc) is 2.47. The lowest BCUT2D eigenvalue weighted by atomic mass is 10.0. The fourth-order valence-electron chi connectivity index (χ4n) is 2.20. The summed E-state index contributed by atoms with van der Waals surface area (Å²) in [5, 5.41) is 0.658. The number of benzene rings is 1. The largest absolute Gasteiger partial charge is 0.444 e. The highest BCUT2D eigenvalue weighted by molar-refractivity contribution is 6.42. The lowest BCUT2D eigenvalue weighted by molar-refractivity contribution is -0.0265. The molecule has 1 aliphatic rings. The first-order valence-corrected chi connectivity index (χ1v) is 8.01. The Morgan fingerprint density at radius 2 is 1.96 bits per heavy atom. The van der Waals surface area contributed by atoms with Crippen LogP contribution in [0.25, 0.3) is 0 Å². The molecule has 23 heavy (non-hydrogen) atoms. The van der Waals surface area contributed by atoms with Crippen molar-refractivity contribution in [3.8, 4) is 0 Å². The smallest absolute Gasteiger partial charge is 0.411 e. The number of halogens is 2. The fraction of sp³-hybridized carbons (Fsp3) is 0.500. The predicted octanol–water partition coefficient (Wildman–Crippen LogP) is 3.81. The molecule has 1 fully saturated rings. The third-order valence-electron chi connectivity index (χ3n) is 3.26. The summed E-state index contributed by atoms with van der Waals surface area (Å²) in [5.41, 5.74) is -0.254. The van der Waals surface area contributed by atoms with Gasteiger partial charge in [-0.15, -0.1) is 0 Å². The minimum absolute atomic E-state index is 0.123. The van der Waals surface area contributed by atoms with Crippen LogP contribution in [0.3, 0.4) is 0 Å². The van der Waals surface area contributed by atoms with Crippen molar-refractivity contribution in [3.63, 3.8) is 0 Å². The van der Waals surface area contributed by atoms with Crippen LogP contribution < -0.4 is 0 Å². The van der Waals surface area contributed by atoms with Crippen LogP contribution in [0.4, 0.5) is 4.79 Å². The molecule has 0 bridgehead atoms. The van der Waals surface area contributed by atoms with E-state index >= 15 is 0 Å². The van der Waals surface area contributed by atoms with E-state index < -0.39 is 17.7 Å². The van der Waals surface area contributed by atoms with Crippen molar-refractivity contribution in [1.82, 2.24) is 4.90 Å². The number of carbonyl (C=O) groups excluding carboxylic acids is 2. The van der Waals surface area contributed by atoms with E-state index in [1.165, 1.54) is 11.0 Å². The molecule has 0 N–H and O–H groups in total. The van der Waals surface area contributed by atoms with E-state index in [9.17, 15) is 9.59 Å². The molecule has 0 spiro atoms. The van der Waals surface area contributed by atoms with Crippen LogP contribution in [0.5, 0.6) is 0 Å². The van der Waals surface area contributed by atoms with Gasteiger partial charge in [-0.05, 0) is 39.0 Å². The lowest BCUT2D eigenvalue weighted by Gasteiger charge is -2.35. The van der Waals surface area contributed by atoms with E-state index in [4.69, 9.17) is 32.7 Å². The molecule has 5 nitrogen and oxygen atoms in total. The summed E-state index contributed by atoms with van der Waals surface area (Å²) in [6.45, 7) is 6.12. The predicted molar refractivity (Wildman–Crippen MR) is 88.3 cm³/mol. The Hall–Kier alpha value is -1.30. The van der Waals surface area contributed by atoms with Crippen molar-refractivity contribution < 1.29 is 19.1 Å². The molecule has 1 aliphatic heterocycles. The highest BCUT2D eigenvalue weighted by atomic mass is 35.5. The maximum absolute atomic E-state index is 12.7. The molecule has 1 atom stereocenters. The zero-order valence-electron chi connectivity index (χ0n) is 13.3. The Labute approximate surface area is 145 Å². The van der Waals surface area contributed by atoms with E-state index in [0.29, 0.717) is 23.7 Å². The van der Waals surface area contributed by atoms with Crippen LogP contribution in [-0.4, -0.2) is 48.2 Å². The van der Waals surface area contributed by atoms with Crippen molar-refractivity contribution in [2.24, 2.45) is 0 Å². The summed E-state index contributed by atoms with van der Waals surface area (Å²) in [6, 6.07) is 3.89. The summed E-state index contributed by atoms with van der Waals surface area (Å²) in [4.78, 5) is 26.4. The topological polar surface area (TPSA) is 55.8 Å². The number of carbonyl (C=O) groups is 2. The van der Waals surface area contributed by atoms with Crippen molar-refractivity contribution in [1.29, 1.82) is 0 Å². The van der Waals surface area contributed by atoms with Crippen molar-refractivity contribution in [3.05, 3.63) is 33.8 Å². The van der Waals surface area contributed by atoms with Crippen molar-refractivity contribution in [2.75, 3.05) is 19.8 Å². The highest BCUT2D eigenvalue weighted by Gasteiger charge is 2.36. The van der Waals surface area contributed by atoms with Gasteiger partial charge in [-0.2, -0.15) is 0 Å². The van der Waals surface area contributed by atoms with Gasteiger partial charge in [0, 0.05) is 12.1 Å². The molecule has 1 saturated heterocycles. The Bertz CT molecular complexity index is 613. The Kier molecular flexibility index (Phi) is 5.55. The Balaban J connectivity index is 2.21. The standard InChI is InChI=1S/C16H19Cl2NO4/c1-16(2,3)23-15(21)19-6-7-22-9-13(19)14(20)10-4-5-11(17)12(18)8-10/h4-5,8,13H,6-7,9H2,1-3H3. The molecule has 126 valence electrons. The monoisotopic (exact) mass is 359 g/mol. The fourth-order valence-corrected chi connectivity index (χ4v) is 2.50. The van der Waals surface area contributed by atoms with Gasteiger partial charge in [-0.3, -0.25) is 9.69 Å². The van der Waals surface area contributed by atoms with Gasteiger partial charge < -0.3 is 9.47 Å². The quantitative estimate of drug-likeness (QED) is 0.753. The number of hydrogen-bond donors (Lipinski definition) is 0. The number of amides is 1. The molecule has 0 aromatic heterocycles. The van der Waals surface area contributed by atoms with Crippen molar-refractivity contribution in [2.45, 2.75) is 32.4 Å². The zero-order valence-corrected chi connectivity index (χ0v) is 14.8. The third kappa shape index (κ3) is 4.59. The molecule has 1 aromatic rings. The molecular weight excluding hydrogens is 341 g/mol. The van der Waals surface area contributed by atoms with Crippen LogP contribution in [0.2, 0.25) is 10.0 Å². The van der Waals surface area contributed by atoms with Gasteiger partial charge in [-0.1, -0.05) is 23.2 Å². The number of hydrogen-bond acceptors (Lipinski definition) is 4. The Morgan fingerprint density at radius 1 is 1.26 bits per heavy atom. The lowest BCUT2D eigenvalue weighted by Crippen LogP contribution is -2.53. The number of Topliss-reactive ketones (excluding diaryl/α,β-unsaturated/α-hetero) is 1. The van der Waals surface area contributed by atoms with Crippen molar-refractivity contribution >= 4 is 35.1 Å². The Morgan fingerprint density at radius 3 is 2.57 bits per heavy atom. The van der Waals surface area contributed by atoms with Gasteiger partial charge >= 0.3 is 6.09 Å². The van der Waals surface area contributed by atoms with Gasteiger partial charge in [0.05, 0.1) is 23.3 Å². The molecule has 0 radical (unpaired) electrons. The molecule has 7 heteroatoms. The van der Waals surface area contributed by atoms with E-state index in [-0.39, 0.29) is 17.4 Å². The maximum atomic E-state index is 12.7. The van der Waals surface area contributed by atoms with Crippen LogP contribution in [0, 0.1) is 0 Å². The minimum atomic E-state index is -0.740. The summed E-state index contributed by atoms with van der Waals surface area (Å²) in [5.74, 6) is -0.255. The second-order valence-electron chi connectivity index (χ2n) is 6.26. The second-order valence-corrected chi connectivity index (χ2v) is 7.07. The first kappa shape index (κ1) is 18.0. The van der Waals surface area contributed by atoms with Crippen LogP contribution in [0.15, 0.2) is 18.2 Å². The number of rotatable bonds is 2. The highest BCUT2D eigenvalue weighted by Crippen LogP contribution is 2.25. The van der Waals surface area contributed by atoms with Crippen LogP contribution in [-0.2, 0) is 9.47 Å². The minimum Gasteiger partial charge on any atom is -0.444 e. The van der Waals surface area contributed by atoms with Gasteiger partial charge in [0.1, 0.15) is 11.6 Å². The molecule has 1 amide bonds. The molecule has 0 saturated carbocycles. The van der Waals surface area contributed by atoms with E-state index in [0.717, 1.165) is 0 Å². The molecule has 1 heterocycles. The molecule has 1 aromatic carbocycles. The number of ether oxygens (including phenoxy) is 2. The molecular formula is C16H19Cl2NO4. The summed E-state index contributed by atoms with van der Waals surface area (Å²) < 4.78 is 10.7. The number of ketones is 1.